The first-order valence-electron chi connectivity index (χ1n) is 8.28. The Morgan fingerprint density at radius 2 is 1.83 bits per heavy atom. The van der Waals surface area contributed by atoms with Gasteiger partial charge in [-0.1, -0.05) is 50.5 Å². The molecular formula is C20H22N2O2. The number of ether oxygens (including phenoxy) is 1. The van der Waals surface area contributed by atoms with E-state index in [1.54, 1.807) is 42.5 Å². The van der Waals surface area contributed by atoms with E-state index in [1.807, 2.05) is 6.07 Å². The molecule has 1 amide bonds. The number of nitrogens with zero attached hydrogens (tertiary/aromatic N) is 1. The molecule has 0 aliphatic rings. The van der Waals surface area contributed by atoms with Crippen LogP contribution < -0.4 is 10.1 Å². The number of carbonyl (C=O) groups excluding carboxylic acids is 1. The summed E-state index contributed by atoms with van der Waals surface area (Å²) in [5.41, 5.74) is 1.41. The number of carbonyl (C=O) groups is 1. The van der Waals surface area contributed by atoms with Crippen molar-refractivity contribution in [2.24, 2.45) is 0 Å². The van der Waals surface area contributed by atoms with Gasteiger partial charge in [0.2, 0.25) is 0 Å². The van der Waals surface area contributed by atoms with Crippen LogP contribution in [0.2, 0.25) is 0 Å². The van der Waals surface area contributed by atoms with Crippen LogP contribution in [0, 0.1) is 11.3 Å². The minimum atomic E-state index is -0.276. The smallest absolute Gasteiger partial charge is 0.259 e. The summed E-state index contributed by atoms with van der Waals surface area (Å²) < 4.78 is 5.77. The van der Waals surface area contributed by atoms with Crippen LogP contribution in [-0.4, -0.2) is 12.5 Å². The Labute approximate surface area is 143 Å². The predicted molar refractivity (Wildman–Crippen MR) is 95.2 cm³/mol. The molecule has 0 saturated carbocycles. The van der Waals surface area contributed by atoms with E-state index in [0.29, 0.717) is 29.2 Å². The molecule has 24 heavy (non-hydrogen) atoms. The fourth-order valence-electron chi connectivity index (χ4n) is 2.37. The molecule has 0 aliphatic carbocycles. The van der Waals surface area contributed by atoms with Crippen LogP contribution in [0.3, 0.4) is 0 Å². The molecule has 0 saturated heterocycles. The van der Waals surface area contributed by atoms with Gasteiger partial charge in [0.1, 0.15) is 11.8 Å². The lowest BCUT2D eigenvalue weighted by molar-refractivity contribution is 0.102. The number of benzene rings is 2. The van der Waals surface area contributed by atoms with Crippen LogP contribution >= 0.6 is 0 Å². The number of unbranched alkanes of at least 4 members (excludes halogenated alkanes) is 3. The fraction of sp³-hybridized carbons (Fsp3) is 0.300. The first-order valence-corrected chi connectivity index (χ1v) is 8.28. The average molecular weight is 322 g/mol. The molecule has 0 unspecified atom stereocenters. The molecule has 0 aromatic heterocycles. The van der Waals surface area contributed by atoms with Crippen molar-refractivity contribution >= 4 is 11.6 Å². The van der Waals surface area contributed by atoms with E-state index in [1.165, 1.54) is 12.8 Å². The molecule has 1 N–H and O–H groups in total. The molecule has 4 nitrogen and oxygen atoms in total. The van der Waals surface area contributed by atoms with Crippen LogP contribution in [0.15, 0.2) is 48.5 Å². The second-order valence-corrected chi connectivity index (χ2v) is 5.52. The summed E-state index contributed by atoms with van der Waals surface area (Å²) in [7, 11) is 0. The number of rotatable bonds is 8. The van der Waals surface area contributed by atoms with Crippen molar-refractivity contribution in [2.75, 3.05) is 11.9 Å². The fourth-order valence-corrected chi connectivity index (χ4v) is 2.37. The van der Waals surface area contributed by atoms with Gasteiger partial charge in [-0.2, -0.15) is 5.26 Å². The highest BCUT2D eigenvalue weighted by molar-refractivity contribution is 6.06. The second kappa shape index (κ2) is 9.36. The highest BCUT2D eigenvalue weighted by Gasteiger charge is 2.13. The average Bonchev–Trinajstić information content (AvgIpc) is 2.62. The third kappa shape index (κ3) is 4.85. The molecule has 0 spiro atoms. The van der Waals surface area contributed by atoms with Crippen molar-refractivity contribution in [3.8, 4) is 11.8 Å². The summed E-state index contributed by atoms with van der Waals surface area (Å²) in [6, 6.07) is 16.2. The van der Waals surface area contributed by atoms with Crippen LogP contribution in [0.5, 0.6) is 5.75 Å². The Morgan fingerprint density at radius 3 is 2.62 bits per heavy atom. The Hall–Kier alpha value is -2.80. The van der Waals surface area contributed by atoms with E-state index in [2.05, 4.69) is 18.3 Å². The summed E-state index contributed by atoms with van der Waals surface area (Å²) >= 11 is 0. The Bertz CT molecular complexity index is 720. The quantitative estimate of drug-likeness (QED) is 0.712. The number of amides is 1. The normalized spacial score (nSPS) is 10.0. The first kappa shape index (κ1) is 17.6. The molecule has 0 bridgehead atoms. The maximum atomic E-state index is 12.5. The van der Waals surface area contributed by atoms with Gasteiger partial charge in [-0.05, 0) is 30.7 Å². The van der Waals surface area contributed by atoms with Gasteiger partial charge >= 0.3 is 0 Å². The van der Waals surface area contributed by atoms with E-state index in [0.717, 1.165) is 12.8 Å². The van der Waals surface area contributed by atoms with Crippen LogP contribution in [0.1, 0.15) is 48.5 Å². The van der Waals surface area contributed by atoms with E-state index in [-0.39, 0.29) is 5.91 Å². The SMILES string of the molecule is CCCCCCOc1ccccc1C(=O)Nc1ccccc1C#N. The maximum absolute atomic E-state index is 12.5. The molecule has 0 atom stereocenters. The molecule has 0 aliphatic heterocycles. The molecule has 2 aromatic carbocycles. The summed E-state index contributed by atoms with van der Waals surface area (Å²) in [4.78, 5) is 12.5. The van der Waals surface area contributed by atoms with Crippen molar-refractivity contribution in [3.05, 3.63) is 59.7 Å². The zero-order valence-electron chi connectivity index (χ0n) is 13.9. The number of nitriles is 1. The maximum Gasteiger partial charge on any atom is 0.259 e. The van der Waals surface area contributed by atoms with Gasteiger partial charge < -0.3 is 10.1 Å². The summed E-state index contributed by atoms with van der Waals surface area (Å²) in [5.74, 6) is 0.294. The number of nitrogens with one attached hydrogen (secondary N) is 1. The lowest BCUT2D eigenvalue weighted by Crippen LogP contribution is -2.14. The second-order valence-electron chi connectivity index (χ2n) is 5.52. The molecule has 0 heterocycles. The zero-order chi connectivity index (χ0) is 17.2. The van der Waals surface area contributed by atoms with Crippen molar-refractivity contribution in [3.63, 3.8) is 0 Å². The van der Waals surface area contributed by atoms with E-state index in [9.17, 15) is 4.79 Å². The van der Waals surface area contributed by atoms with Crippen molar-refractivity contribution < 1.29 is 9.53 Å². The lowest BCUT2D eigenvalue weighted by Gasteiger charge is -2.12. The van der Waals surface area contributed by atoms with Crippen molar-refractivity contribution in [2.45, 2.75) is 32.6 Å². The van der Waals surface area contributed by atoms with Gasteiger partial charge in [-0.25, -0.2) is 0 Å². The minimum Gasteiger partial charge on any atom is -0.493 e. The van der Waals surface area contributed by atoms with Crippen LogP contribution in [-0.2, 0) is 0 Å². The topological polar surface area (TPSA) is 62.1 Å². The van der Waals surface area contributed by atoms with Gasteiger partial charge in [0.15, 0.2) is 0 Å². The molecule has 2 aromatic rings. The van der Waals surface area contributed by atoms with Gasteiger partial charge in [0.05, 0.1) is 23.4 Å². The molecule has 0 fully saturated rings. The minimum absolute atomic E-state index is 0.276. The van der Waals surface area contributed by atoms with E-state index >= 15 is 0 Å². The molecular weight excluding hydrogens is 300 g/mol. The van der Waals surface area contributed by atoms with Gasteiger partial charge in [-0.15, -0.1) is 0 Å². The predicted octanol–water partition coefficient (Wildman–Crippen LogP) is 4.77. The van der Waals surface area contributed by atoms with E-state index in [4.69, 9.17) is 10.00 Å². The highest BCUT2D eigenvalue weighted by Crippen LogP contribution is 2.21. The summed E-state index contributed by atoms with van der Waals surface area (Å²) in [6.07, 6.45) is 4.47. The largest absolute Gasteiger partial charge is 0.493 e. The first-order chi connectivity index (χ1) is 11.8. The van der Waals surface area contributed by atoms with Crippen LogP contribution in [0.25, 0.3) is 0 Å². The molecule has 4 heteroatoms. The van der Waals surface area contributed by atoms with E-state index < -0.39 is 0 Å². The van der Waals surface area contributed by atoms with Gasteiger partial charge in [0, 0.05) is 0 Å². The summed E-state index contributed by atoms with van der Waals surface area (Å²) in [6.45, 7) is 2.76. The number of anilines is 1. The Balaban J connectivity index is 2.05. The Morgan fingerprint density at radius 1 is 1.08 bits per heavy atom. The molecule has 0 radical (unpaired) electrons. The number of hydrogen-bond donors (Lipinski definition) is 1. The molecule has 2 rings (SSSR count). The van der Waals surface area contributed by atoms with Gasteiger partial charge in [-0.3, -0.25) is 4.79 Å². The molecule has 124 valence electrons. The van der Waals surface area contributed by atoms with Gasteiger partial charge in [0.25, 0.3) is 5.91 Å². The third-order valence-electron chi connectivity index (χ3n) is 3.68. The number of para-hydroxylation sites is 2. The monoisotopic (exact) mass is 322 g/mol. The van der Waals surface area contributed by atoms with Crippen molar-refractivity contribution in [1.82, 2.24) is 0 Å². The summed E-state index contributed by atoms with van der Waals surface area (Å²) in [5, 5.41) is 11.9. The highest BCUT2D eigenvalue weighted by atomic mass is 16.5. The lowest BCUT2D eigenvalue weighted by atomic mass is 10.1. The van der Waals surface area contributed by atoms with Crippen molar-refractivity contribution in [1.29, 1.82) is 5.26 Å². The third-order valence-corrected chi connectivity index (χ3v) is 3.68. The Kier molecular flexibility index (Phi) is 6.85. The van der Waals surface area contributed by atoms with Crippen LogP contribution in [0.4, 0.5) is 5.69 Å². The number of hydrogen-bond acceptors (Lipinski definition) is 3. The standard InChI is InChI=1S/C20H22N2O2/c1-2-3-4-9-14-24-19-13-8-6-11-17(19)20(23)22-18-12-7-5-10-16(18)15-21/h5-8,10-13H,2-4,9,14H2,1H3,(H,22,23). The zero-order valence-corrected chi connectivity index (χ0v) is 13.9.